The SMILES string of the molecule is C=CCCN(CCOC)CC1CCCN1. The molecular formula is C12H24N2O. The van der Waals surface area contributed by atoms with Gasteiger partial charge < -0.3 is 10.1 Å². The molecular weight excluding hydrogens is 188 g/mol. The van der Waals surface area contributed by atoms with Crippen LogP contribution in [0.1, 0.15) is 19.3 Å². The molecule has 1 unspecified atom stereocenters. The molecule has 3 nitrogen and oxygen atoms in total. The molecule has 0 aromatic heterocycles. The molecule has 1 atom stereocenters. The van der Waals surface area contributed by atoms with Gasteiger partial charge in [0.1, 0.15) is 0 Å². The summed E-state index contributed by atoms with van der Waals surface area (Å²) < 4.78 is 5.13. The average molecular weight is 212 g/mol. The van der Waals surface area contributed by atoms with Crippen LogP contribution in [-0.4, -0.2) is 50.8 Å². The van der Waals surface area contributed by atoms with Crippen LogP contribution >= 0.6 is 0 Å². The lowest BCUT2D eigenvalue weighted by Crippen LogP contribution is -2.39. The molecule has 1 rings (SSSR count). The predicted molar refractivity (Wildman–Crippen MR) is 64.2 cm³/mol. The second-order valence-corrected chi connectivity index (χ2v) is 4.16. The summed E-state index contributed by atoms with van der Waals surface area (Å²) in [6, 6.07) is 0.687. The number of nitrogens with zero attached hydrogens (tertiary/aromatic N) is 1. The van der Waals surface area contributed by atoms with Crippen LogP contribution in [0.15, 0.2) is 12.7 Å². The minimum atomic E-state index is 0.687. The number of hydrogen-bond donors (Lipinski definition) is 1. The van der Waals surface area contributed by atoms with E-state index in [-0.39, 0.29) is 0 Å². The van der Waals surface area contributed by atoms with Crippen molar-refractivity contribution in [1.82, 2.24) is 10.2 Å². The smallest absolute Gasteiger partial charge is 0.0589 e. The molecule has 1 aliphatic rings. The van der Waals surface area contributed by atoms with Crippen molar-refractivity contribution < 1.29 is 4.74 Å². The lowest BCUT2D eigenvalue weighted by atomic mass is 10.2. The largest absolute Gasteiger partial charge is 0.383 e. The van der Waals surface area contributed by atoms with Gasteiger partial charge in [-0.2, -0.15) is 0 Å². The van der Waals surface area contributed by atoms with E-state index in [9.17, 15) is 0 Å². The molecule has 3 heteroatoms. The van der Waals surface area contributed by atoms with E-state index in [4.69, 9.17) is 4.74 Å². The number of hydrogen-bond acceptors (Lipinski definition) is 3. The Hall–Kier alpha value is -0.380. The number of nitrogens with one attached hydrogen (secondary N) is 1. The summed E-state index contributed by atoms with van der Waals surface area (Å²) in [4.78, 5) is 2.47. The van der Waals surface area contributed by atoms with Gasteiger partial charge in [0.2, 0.25) is 0 Å². The van der Waals surface area contributed by atoms with Gasteiger partial charge in [-0.05, 0) is 25.8 Å². The predicted octanol–water partition coefficient (Wildman–Crippen LogP) is 1.26. The Bertz CT molecular complexity index is 167. The third kappa shape index (κ3) is 5.30. The molecule has 1 fully saturated rings. The van der Waals surface area contributed by atoms with Gasteiger partial charge in [-0.15, -0.1) is 6.58 Å². The molecule has 0 radical (unpaired) electrons. The molecule has 0 aliphatic carbocycles. The van der Waals surface area contributed by atoms with Crippen molar-refractivity contribution in [3.05, 3.63) is 12.7 Å². The maximum Gasteiger partial charge on any atom is 0.0589 e. The molecule has 0 amide bonds. The number of methoxy groups -OCH3 is 1. The number of ether oxygens (including phenoxy) is 1. The van der Waals surface area contributed by atoms with Crippen molar-refractivity contribution in [2.45, 2.75) is 25.3 Å². The molecule has 1 N–H and O–H groups in total. The van der Waals surface area contributed by atoms with Crippen molar-refractivity contribution in [1.29, 1.82) is 0 Å². The van der Waals surface area contributed by atoms with E-state index in [0.29, 0.717) is 6.04 Å². The summed E-state index contributed by atoms with van der Waals surface area (Å²) in [5.41, 5.74) is 0. The Morgan fingerprint density at radius 3 is 3.00 bits per heavy atom. The van der Waals surface area contributed by atoms with Crippen LogP contribution in [0.5, 0.6) is 0 Å². The lowest BCUT2D eigenvalue weighted by Gasteiger charge is -2.24. The molecule has 1 saturated heterocycles. The van der Waals surface area contributed by atoms with Gasteiger partial charge in [-0.25, -0.2) is 0 Å². The fraction of sp³-hybridized carbons (Fsp3) is 0.833. The topological polar surface area (TPSA) is 24.5 Å². The van der Waals surface area contributed by atoms with Gasteiger partial charge in [0.15, 0.2) is 0 Å². The fourth-order valence-corrected chi connectivity index (χ4v) is 2.01. The standard InChI is InChI=1S/C12H24N2O/c1-3-4-8-14(9-10-15-2)11-12-6-5-7-13-12/h3,12-13H,1,4-11H2,2H3. The fourth-order valence-electron chi connectivity index (χ4n) is 2.01. The zero-order valence-corrected chi connectivity index (χ0v) is 9.87. The lowest BCUT2D eigenvalue weighted by molar-refractivity contribution is 0.143. The first-order chi connectivity index (χ1) is 7.36. The van der Waals surface area contributed by atoms with Crippen LogP contribution in [0, 0.1) is 0 Å². The van der Waals surface area contributed by atoms with Crippen LogP contribution in [0.4, 0.5) is 0 Å². The first kappa shape index (κ1) is 12.7. The van der Waals surface area contributed by atoms with E-state index in [1.165, 1.54) is 19.4 Å². The molecule has 0 spiro atoms. The zero-order valence-electron chi connectivity index (χ0n) is 9.87. The van der Waals surface area contributed by atoms with E-state index in [2.05, 4.69) is 16.8 Å². The second-order valence-electron chi connectivity index (χ2n) is 4.16. The van der Waals surface area contributed by atoms with Crippen LogP contribution in [-0.2, 0) is 4.74 Å². The normalized spacial score (nSPS) is 21.1. The highest BCUT2D eigenvalue weighted by Crippen LogP contribution is 2.07. The van der Waals surface area contributed by atoms with E-state index >= 15 is 0 Å². The third-order valence-corrected chi connectivity index (χ3v) is 2.90. The highest BCUT2D eigenvalue weighted by atomic mass is 16.5. The average Bonchev–Trinajstić information content (AvgIpc) is 2.74. The zero-order chi connectivity index (χ0) is 10.9. The minimum Gasteiger partial charge on any atom is -0.383 e. The van der Waals surface area contributed by atoms with E-state index < -0.39 is 0 Å². The Labute approximate surface area is 93.5 Å². The third-order valence-electron chi connectivity index (χ3n) is 2.90. The summed E-state index contributed by atoms with van der Waals surface area (Å²) in [6.07, 6.45) is 5.69. The van der Waals surface area contributed by atoms with E-state index in [0.717, 1.165) is 32.7 Å². The van der Waals surface area contributed by atoms with E-state index in [1.54, 1.807) is 7.11 Å². The van der Waals surface area contributed by atoms with Crippen LogP contribution in [0.2, 0.25) is 0 Å². The molecule has 0 aromatic carbocycles. The van der Waals surface area contributed by atoms with Gasteiger partial charge in [0.25, 0.3) is 0 Å². The molecule has 15 heavy (non-hydrogen) atoms. The first-order valence-electron chi connectivity index (χ1n) is 5.92. The quantitative estimate of drug-likeness (QED) is 0.613. The second kappa shape index (κ2) is 7.85. The molecule has 1 aliphatic heterocycles. The van der Waals surface area contributed by atoms with Gasteiger partial charge in [0, 0.05) is 32.8 Å². The highest BCUT2D eigenvalue weighted by molar-refractivity contribution is 4.79. The Morgan fingerprint density at radius 1 is 1.53 bits per heavy atom. The summed E-state index contributed by atoms with van der Waals surface area (Å²) in [7, 11) is 1.76. The number of rotatable bonds is 8. The summed E-state index contributed by atoms with van der Waals surface area (Å²) in [6.45, 7) is 9.06. The molecule has 88 valence electrons. The maximum atomic E-state index is 5.13. The van der Waals surface area contributed by atoms with Crippen molar-refractivity contribution in [3.8, 4) is 0 Å². The van der Waals surface area contributed by atoms with Crippen LogP contribution in [0.3, 0.4) is 0 Å². The Morgan fingerprint density at radius 2 is 2.40 bits per heavy atom. The van der Waals surface area contributed by atoms with E-state index in [1.807, 2.05) is 6.08 Å². The van der Waals surface area contributed by atoms with Crippen LogP contribution < -0.4 is 5.32 Å². The summed E-state index contributed by atoms with van der Waals surface area (Å²) in [5.74, 6) is 0. The summed E-state index contributed by atoms with van der Waals surface area (Å²) in [5, 5.41) is 3.53. The van der Waals surface area contributed by atoms with Gasteiger partial charge in [-0.3, -0.25) is 4.90 Å². The van der Waals surface area contributed by atoms with Crippen molar-refractivity contribution in [3.63, 3.8) is 0 Å². The summed E-state index contributed by atoms with van der Waals surface area (Å²) >= 11 is 0. The Kier molecular flexibility index (Phi) is 6.64. The molecule has 1 heterocycles. The van der Waals surface area contributed by atoms with Gasteiger partial charge in [-0.1, -0.05) is 6.08 Å². The minimum absolute atomic E-state index is 0.687. The molecule has 0 aromatic rings. The van der Waals surface area contributed by atoms with Crippen LogP contribution in [0.25, 0.3) is 0 Å². The first-order valence-corrected chi connectivity index (χ1v) is 5.92. The highest BCUT2D eigenvalue weighted by Gasteiger charge is 2.17. The monoisotopic (exact) mass is 212 g/mol. The Balaban J connectivity index is 2.22. The van der Waals surface area contributed by atoms with Gasteiger partial charge >= 0.3 is 0 Å². The van der Waals surface area contributed by atoms with Gasteiger partial charge in [0.05, 0.1) is 6.61 Å². The van der Waals surface area contributed by atoms with Crippen molar-refractivity contribution in [2.24, 2.45) is 0 Å². The van der Waals surface area contributed by atoms with Crippen molar-refractivity contribution in [2.75, 3.05) is 39.9 Å². The molecule has 0 bridgehead atoms. The molecule has 0 saturated carbocycles. The van der Waals surface area contributed by atoms with Crippen molar-refractivity contribution >= 4 is 0 Å². The maximum absolute atomic E-state index is 5.13.